The maximum atomic E-state index is 5.31. The first-order valence-electron chi connectivity index (χ1n) is 9.24. The molecule has 28 heavy (non-hydrogen) atoms. The zero-order chi connectivity index (χ0) is 21.9. The Bertz CT molecular complexity index is 634. The van der Waals surface area contributed by atoms with Crippen LogP contribution in [0.3, 0.4) is 0 Å². The summed E-state index contributed by atoms with van der Waals surface area (Å²) in [6, 6.07) is 8.21. The number of benzene rings is 1. The van der Waals surface area contributed by atoms with Gasteiger partial charge < -0.3 is 0 Å². The van der Waals surface area contributed by atoms with Gasteiger partial charge in [-0.1, -0.05) is 12.1 Å². The highest BCUT2D eigenvalue weighted by Crippen LogP contribution is 2.61. The Morgan fingerprint density at radius 3 is 0.857 bits per heavy atom. The Hall–Kier alpha value is -0.560. The van der Waals surface area contributed by atoms with Crippen molar-refractivity contribution in [1.29, 1.82) is 0 Å². The van der Waals surface area contributed by atoms with Crippen LogP contribution in [0.4, 0.5) is 11.4 Å². The fraction of sp³-hybridized carbons (Fsp3) is 0.667. The van der Waals surface area contributed by atoms with E-state index in [-0.39, 0.29) is 0 Å². The lowest BCUT2D eigenvalue weighted by molar-refractivity contribution is 0.473. The van der Waals surface area contributed by atoms with Gasteiger partial charge >= 0.3 is 0 Å². The standard InChI is InChI=1S/C18H40N8P2/c1-21(2)27(22(3)4,23(5)6)19-17-15-13-14-16-18(17)20-28(24(7)8,25(9)10)26(11)12/h13-16H,1-12H3. The minimum absolute atomic E-state index is 0.918. The van der Waals surface area contributed by atoms with Crippen molar-refractivity contribution >= 4 is 26.4 Å². The molecule has 0 radical (unpaired) electrons. The summed E-state index contributed by atoms with van der Waals surface area (Å²) in [5.74, 6) is 0. The first kappa shape index (κ1) is 25.5. The van der Waals surface area contributed by atoms with Gasteiger partial charge in [0.25, 0.3) is 0 Å². The van der Waals surface area contributed by atoms with Gasteiger partial charge in [0.1, 0.15) is 0 Å². The molecule has 0 spiro atoms. The van der Waals surface area contributed by atoms with Crippen molar-refractivity contribution in [2.75, 3.05) is 84.6 Å². The van der Waals surface area contributed by atoms with Crippen molar-refractivity contribution in [1.82, 2.24) is 28.0 Å². The van der Waals surface area contributed by atoms with Crippen LogP contribution >= 0.6 is 15.0 Å². The third-order valence-corrected chi connectivity index (χ3v) is 12.0. The van der Waals surface area contributed by atoms with Gasteiger partial charge in [-0.3, -0.25) is 28.0 Å². The fourth-order valence-electron chi connectivity index (χ4n) is 3.61. The molecule has 1 aromatic rings. The minimum atomic E-state index is -2.06. The summed E-state index contributed by atoms with van der Waals surface area (Å²) in [6.07, 6.45) is 0. The van der Waals surface area contributed by atoms with E-state index in [9.17, 15) is 0 Å². The van der Waals surface area contributed by atoms with E-state index < -0.39 is 15.0 Å². The van der Waals surface area contributed by atoms with E-state index >= 15 is 0 Å². The molecule has 1 rings (SSSR count). The maximum Gasteiger partial charge on any atom is 0.171 e. The monoisotopic (exact) mass is 430 g/mol. The molecule has 0 N–H and O–H groups in total. The number of hydrogen-bond acceptors (Lipinski definition) is 2. The first-order chi connectivity index (χ1) is 12.8. The fourth-order valence-corrected chi connectivity index (χ4v) is 9.89. The summed E-state index contributed by atoms with van der Waals surface area (Å²) in [7, 11) is 21.0. The molecule has 0 aliphatic carbocycles. The highest BCUT2D eigenvalue weighted by molar-refractivity contribution is 7.59. The lowest BCUT2D eigenvalue weighted by Gasteiger charge is -2.42. The third-order valence-electron chi connectivity index (χ3n) is 4.59. The van der Waals surface area contributed by atoms with Crippen LogP contribution in [0, 0.1) is 0 Å². The Morgan fingerprint density at radius 1 is 0.464 bits per heavy atom. The quantitative estimate of drug-likeness (QED) is 0.576. The van der Waals surface area contributed by atoms with Gasteiger partial charge in [-0.2, -0.15) is 0 Å². The lowest BCUT2D eigenvalue weighted by Crippen LogP contribution is -2.30. The largest absolute Gasteiger partial charge is 0.252 e. The van der Waals surface area contributed by atoms with Gasteiger partial charge in [-0.05, 0) is 96.7 Å². The lowest BCUT2D eigenvalue weighted by atomic mass is 10.3. The Morgan fingerprint density at radius 2 is 0.679 bits per heavy atom. The molecule has 8 nitrogen and oxygen atoms in total. The highest BCUT2D eigenvalue weighted by atomic mass is 31.2. The second kappa shape index (κ2) is 9.96. The normalized spacial score (nSPS) is 13.5. The van der Waals surface area contributed by atoms with Crippen molar-refractivity contribution < 1.29 is 0 Å². The Balaban J connectivity index is 3.92. The second-order valence-corrected chi connectivity index (χ2v) is 15.2. The topological polar surface area (TPSA) is 44.2 Å². The van der Waals surface area contributed by atoms with Crippen molar-refractivity contribution in [2.45, 2.75) is 0 Å². The molecule has 0 aliphatic heterocycles. The van der Waals surface area contributed by atoms with Crippen molar-refractivity contribution in [3.63, 3.8) is 0 Å². The average Bonchev–Trinajstić information content (AvgIpc) is 2.56. The minimum Gasteiger partial charge on any atom is -0.252 e. The predicted octanol–water partition coefficient (Wildman–Crippen LogP) is 4.21. The van der Waals surface area contributed by atoms with Crippen LogP contribution < -0.4 is 0 Å². The van der Waals surface area contributed by atoms with Crippen molar-refractivity contribution in [2.24, 2.45) is 9.49 Å². The molecule has 0 atom stereocenters. The Labute approximate surface area is 173 Å². The van der Waals surface area contributed by atoms with E-state index in [4.69, 9.17) is 9.49 Å². The van der Waals surface area contributed by atoms with E-state index in [1.165, 1.54) is 0 Å². The maximum absolute atomic E-state index is 5.31. The average molecular weight is 431 g/mol. The van der Waals surface area contributed by atoms with E-state index in [0.717, 1.165) is 11.4 Å². The first-order valence-corrected chi connectivity index (χ1v) is 12.4. The van der Waals surface area contributed by atoms with Crippen LogP contribution in [0.15, 0.2) is 33.8 Å². The number of nitrogens with zero attached hydrogens (tertiary/aromatic N) is 8. The highest BCUT2D eigenvalue weighted by Gasteiger charge is 2.31. The summed E-state index contributed by atoms with van der Waals surface area (Å²) in [5.41, 5.74) is 1.84. The molecule has 0 saturated carbocycles. The molecule has 0 aromatic heterocycles. The van der Waals surface area contributed by atoms with Gasteiger partial charge in [-0.25, -0.2) is 9.49 Å². The zero-order valence-electron chi connectivity index (χ0n) is 19.8. The van der Waals surface area contributed by atoms with Gasteiger partial charge in [0.2, 0.25) is 0 Å². The summed E-state index contributed by atoms with van der Waals surface area (Å²) in [6.45, 7) is 0. The van der Waals surface area contributed by atoms with Crippen LogP contribution in [0.25, 0.3) is 0 Å². The van der Waals surface area contributed by atoms with E-state index in [0.29, 0.717) is 0 Å². The summed E-state index contributed by atoms with van der Waals surface area (Å²) >= 11 is 0. The Kier molecular flexibility index (Phi) is 9.07. The predicted molar refractivity (Wildman–Crippen MR) is 127 cm³/mol. The molecular weight excluding hydrogens is 390 g/mol. The molecule has 0 heterocycles. The van der Waals surface area contributed by atoms with E-state index in [1.54, 1.807) is 0 Å². The molecule has 0 bridgehead atoms. The van der Waals surface area contributed by atoms with E-state index in [1.807, 2.05) is 12.1 Å². The number of rotatable bonds is 8. The number of hydrogen-bond donors (Lipinski definition) is 0. The van der Waals surface area contributed by atoms with Crippen LogP contribution in [0.2, 0.25) is 0 Å². The molecule has 0 saturated heterocycles. The van der Waals surface area contributed by atoms with E-state index in [2.05, 4.69) is 125 Å². The van der Waals surface area contributed by atoms with Crippen LogP contribution in [-0.2, 0) is 0 Å². The van der Waals surface area contributed by atoms with Gasteiger partial charge in [-0.15, -0.1) is 0 Å². The van der Waals surface area contributed by atoms with Crippen LogP contribution in [0.5, 0.6) is 0 Å². The molecule has 0 fully saturated rings. The molecule has 0 aliphatic rings. The van der Waals surface area contributed by atoms with Gasteiger partial charge in [0.05, 0.1) is 11.4 Å². The summed E-state index contributed by atoms with van der Waals surface area (Å²) in [4.78, 5) is 0. The van der Waals surface area contributed by atoms with Crippen LogP contribution in [0.1, 0.15) is 0 Å². The smallest absolute Gasteiger partial charge is 0.171 e. The molecule has 162 valence electrons. The molecule has 1 aromatic carbocycles. The van der Waals surface area contributed by atoms with Crippen molar-refractivity contribution in [3.8, 4) is 0 Å². The molecule has 0 amide bonds. The van der Waals surface area contributed by atoms with Gasteiger partial charge in [0, 0.05) is 0 Å². The third kappa shape index (κ3) is 4.77. The zero-order valence-corrected chi connectivity index (χ0v) is 21.6. The second-order valence-electron chi connectivity index (χ2n) is 7.85. The molecule has 10 heteroatoms. The van der Waals surface area contributed by atoms with Gasteiger partial charge in [0.15, 0.2) is 15.0 Å². The summed E-state index contributed by atoms with van der Waals surface area (Å²) in [5, 5.41) is 0. The SMILES string of the molecule is CN(C)P(=Nc1ccccc1N=P(N(C)C)(N(C)C)N(C)C)(N(C)C)N(C)C. The molecule has 0 unspecified atom stereocenters. The van der Waals surface area contributed by atoms with Crippen molar-refractivity contribution in [3.05, 3.63) is 24.3 Å². The summed E-state index contributed by atoms with van der Waals surface area (Å²) < 4.78 is 23.9. The molecular formula is C18H40N8P2. The van der Waals surface area contributed by atoms with Crippen LogP contribution in [-0.4, -0.2) is 113 Å².